The van der Waals surface area contributed by atoms with Crippen LogP contribution in [-0.2, 0) is 6.54 Å². The fraction of sp³-hybridized carbons (Fsp3) is 0.200. The zero-order chi connectivity index (χ0) is 15.1. The monoisotopic (exact) mass is 288 g/mol. The number of aliphatic hydroxyl groups is 1. The Morgan fingerprint density at radius 1 is 1.43 bits per heavy atom. The molecule has 0 saturated carbocycles. The van der Waals surface area contributed by atoms with Crippen molar-refractivity contribution in [3.05, 3.63) is 53.2 Å². The van der Waals surface area contributed by atoms with E-state index in [9.17, 15) is 9.18 Å². The van der Waals surface area contributed by atoms with E-state index in [-0.39, 0.29) is 18.7 Å². The van der Waals surface area contributed by atoms with Crippen LogP contribution in [0.5, 0.6) is 0 Å². The van der Waals surface area contributed by atoms with Gasteiger partial charge in [-0.3, -0.25) is 4.79 Å². The second-order valence-corrected chi connectivity index (χ2v) is 4.13. The summed E-state index contributed by atoms with van der Waals surface area (Å²) in [6.07, 6.45) is 1.78. The molecule has 1 heterocycles. The second-order valence-electron chi connectivity index (χ2n) is 4.13. The van der Waals surface area contributed by atoms with Crippen LogP contribution < -0.4 is 5.32 Å². The summed E-state index contributed by atoms with van der Waals surface area (Å²) in [7, 11) is 0. The molecule has 0 unspecified atom stereocenters. The van der Waals surface area contributed by atoms with Gasteiger partial charge in [-0.15, -0.1) is 0 Å². The highest BCUT2D eigenvalue weighted by atomic mass is 19.1. The van der Waals surface area contributed by atoms with Crippen molar-refractivity contribution >= 4 is 5.91 Å². The lowest BCUT2D eigenvalue weighted by molar-refractivity contribution is 0.0943. The third-order valence-electron chi connectivity index (χ3n) is 2.60. The number of hydrogen-bond acceptors (Lipinski definition) is 4. The van der Waals surface area contributed by atoms with Gasteiger partial charge >= 0.3 is 0 Å². The molecule has 0 aliphatic rings. The average Bonchev–Trinajstić information content (AvgIpc) is 2.98. The number of aromatic nitrogens is 1. The van der Waals surface area contributed by atoms with E-state index in [1.54, 1.807) is 12.1 Å². The molecule has 0 atom stereocenters. The predicted molar refractivity (Wildman–Crippen MR) is 72.7 cm³/mol. The molecule has 6 heteroatoms. The van der Waals surface area contributed by atoms with E-state index in [1.807, 2.05) is 0 Å². The van der Waals surface area contributed by atoms with Crippen LogP contribution in [0.4, 0.5) is 4.39 Å². The molecule has 0 radical (unpaired) electrons. The molecule has 1 aromatic heterocycles. The maximum atomic E-state index is 13.9. The lowest BCUT2D eigenvalue weighted by Crippen LogP contribution is -2.23. The van der Waals surface area contributed by atoms with Crippen molar-refractivity contribution in [2.24, 2.45) is 0 Å². The van der Waals surface area contributed by atoms with Crippen LogP contribution in [-0.4, -0.2) is 22.8 Å². The molecule has 1 aromatic carbocycles. The molecule has 0 aliphatic carbocycles. The summed E-state index contributed by atoms with van der Waals surface area (Å²) >= 11 is 0. The van der Waals surface area contributed by atoms with Crippen molar-refractivity contribution in [2.45, 2.75) is 13.0 Å². The SMILES string of the molecule is O=C(NCc1ccno1)c1ccc(C#CCCO)cc1F. The van der Waals surface area contributed by atoms with Crippen LogP contribution in [0.3, 0.4) is 0 Å². The summed E-state index contributed by atoms with van der Waals surface area (Å²) in [6.45, 7) is 0.0912. The van der Waals surface area contributed by atoms with Gasteiger partial charge in [0.2, 0.25) is 0 Å². The number of rotatable bonds is 4. The number of halogens is 1. The lowest BCUT2D eigenvalue weighted by atomic mass is 10.1. The van der Waals surface area contributed by atoms with Gasteiger partial charge in [0.05, 0.1) is 24.9 Å². The van der Waals surface area contributed by atoms with Crippen molar-refractivity contribution in [3.63, 3.8) is 0 Å². The predicted octanol–water partition coefficient (Wildman–Crippen LogP) is 1.48. The van der Waals surface area contributed by atoms with E-state index in [0.717, 1.165) is 0 Å². The Morgan fingerprint density at radius 3 is 2.95 bits per heavy atom. The Kier molecular flexibility index (Phi) is 5.07. The molecule has 108 valence electrons. The molecule has 21 heavy (non-hydrogen) atoms. The molecule has 0 saturated heterocycles. The molecule has 0 spiro atoms. The molecule has 2 N–H and O–H groups in total. The molecular formula is C15H13FN2O3. The third-order valence-corrected chi connectivity index (χ3v) is 2.60. The highest BCUT2D eigenvalue weighted by molar-refractivity contribution is 5.94. The summed E-state index contributed by atoms with van der Waals surface area (Å²) in [5.74, 6) is 4.67. The summed E-state index contributed by atoms with van der Waals surface area (Å²) in [6, 6.07) is 5.72. The number of benzene rings is 1. The molecule has 5 nitrogen and oxygen atoms in total. The van der Waals surface area contributed by atoms with E-state index >= 15 is 0 Å². The van der Waals surface area contributed by atoms with Gasteiger partial charge in [0, 0.05) is 18.1 Å². The molecule has 0 fully saturated rings. The van der Waals surface area contributed by atoms with Crippen LogP contribution in [0.25, 0.3) is 0 Å². The minimum Gasteiger partial charge on any atom is -0.395 e. The Morgan fingerprint density at radius 2 is 2.29 bits per heavy atom. The summed E-state index contributed by atoms with van der Waals surface area (Å²) < 4.78 is 18.7. The number of aliphatic hydroxyl groups excluding tert-OH is 1. The normalized spacial score (nSPS) is 9.81. The van der Waals surface area contributed by atoms with Crippen molar-refractivity contribution in [3.8, 4) is 11.8 Å². The van der Waals surface area contributed by atoms with Crippen molar-refractivity contribution in [1.82, 2.24) is 10.5 Å². The first kappa shape index (κ1) is 14.8. The van der Waals surface area contributed by atoms with Crippen molar-refractivity contribution < 1.29 is 18.8 Å². The average molecular weight is 288 g/mol. The van der Waals surface area contributed by atoms with Gasteiger partial charge in [-0.05, 0) is 18.2 Å². The zero-order valence-electron chi connectivity index (χ0n) is 11.1. The van der Waals surface area contributed by atoms with E-state index in [0.29, 0.717) is 17.7 Å². The van der Waals surface area contributed by atoms with Gasteiger partial charge in [0.15, 0.2) is 5.76 Å². The first-order valence-corrected chi connectivity index (χ1v) is 6.27. The van der Waals surface area contributed by atoms with Crippen molar-refractivity contribution in [1.29, 1.82) is 0 Å². The lowest BCUT2D eigenvalue weighted by Gasteiger charge is -2.04. The van der Waals surface area contributed by atoms with Gasteiger partial charge in [-0.1, -0.05) is 17.0 Å². The molecule has 1 amide bonds. The number of amides is 1. The molecule has 2 aromatic rings. The number of carbonyl (C=O) groups is 1. The van der Waals surface area contributed by atoms with Crippen LogP contribution in [0.15, 0.2) is 35.0 Å². The highest BCUT2D eigenvalue weighted by Gasteiger charge is 2.12. The van der Waals surface area contributed by atoms with Gasteiger partial charge < -0.3 is 14.9 Å². The second kappa shape index (κ2) is 7.22. The van der Waals surface area contributed by atoms with Crippen molar-refractivity contribution in [2.75, 3.05) is 6.61 Å². The fourth-order valence-corrected chi connectivity index (χ4v) is 1.59. The van der Waals surface area contributed by atoms with Gasteiger partial charge in [-0.2, -0.15) is 0 Å². The van der Waals surface area contributed by atoms with E-state index < -0.39 is 11.7 Å². The zero-order valence-corrected chi connectivity index (χ0v) is 11.1. The smallest absolute Gasteiger partial charge is 0.254 e. The summed E-state index contributed by atoms with van der Waals surface area (Å²) in [4.78, 5) is 11.9. The topological polar surface area (TPSA) is 75.4 Å². The first-order valence-electron chi connectivity index (χ1n) is 6.27. The first-order chi connectivity index (χ1) is 10.2. The van der Waals surface area contributed by atoms with Crippen LogP contribution >= 0.6 is 0 Å². The standard InChI is InChI=1S/C15H13FN2O3/c16-14-9-11(3-1-2-8-19)4-5-13(14)15(20)17-10-12-6-7-18-21-12/h4-7,9,19H,2,8,10H2,(H,17,20). The Hall–Kier alpha value is -2.65. The van der Waals surface area contributed by atoms with E-state index in [2.05, 4.69) is 22.3 Å². The van der Waals surface area contributed by atoms with Gasteiger partial charge in [-0.25, -0.2) is 4.39 Å². The van der Waals surface area contributed by atoms with E-state index in [1.165, 1.54) is 18.3 Å². The summed E-state index contributed by atoms with van der Waals surface area (Å²) in [5, 5.41) is 14.6. The van der Waals surface area contributed by atoms with Crippen LogP contribution in [0.1, 0.15) is 28.1 Å². The van der Waals surface area contributed by atoms with Gasteiger partial charge in [0.1, 0.15) is 5.82 Å². The molecule has 0 aliphatic heterocycles. The number of hydrogen-bond donors (Lipinski definition) is 2. The maximum absolute atomic E-state index is 13.9. The Bertz CT molecular complexity index is 672. The minimum atomic E-state index is -0.652. The maximum Gasteiger partial charge on any atom is 0.254 e. The molecule has 0 bridgehead atoms. The number of nitrogens with one attached hydrogen (secondary N) is 1. The highest BCUT2D eigenvalue weighted by Crippen LogP contribution is 2.10. The minimum absolute atomic E-state index is 0.0440. The van der Waals surface area contributed by atoms with E-state index in [4.69, 9.17) is 9.63 Å². The Labute approximate surface area is 120 Å². The largest absolute Gasteiger partial charge is 0.395 e. The molecular weight excluding hydrogens is 275 g/mol. The van der Waals surface area contributed by atoms with Crippen LogP contribution in [0, 0.1) is 17.7 Å². The van der Waals surface area contributed by atoms with Gasteiger partial charge in [0.25, 0.3) is 5.91 Å². The number of nitrogens with zero attached hydrogens (tertiary/aromatic N) is 1. The fourth-order valence-electron chi connectivity index (χ4n) is 1.59. The number of carbonyl (C=O) groups excluding carboxylic acids is 1. The Balaban J connectivity index is 2.03. The molecule has 2 rings (SSSR count). The quantitative estimate of drug-likeness (QED) is 0.836. The summed E-state index contributed by atoms with van der Waals surface area (Å²) in [5.41, 5.74) is 0.384. The third kappa shape index (κ3) is 4.16. The van der Waals surface area contributed by atoms with Crippen LogP contribution in [0.2, 0.25) is 0 Å².